The third-order valence-electron chi connectivity index (χ3n) is 4.57. The van der Waals surface area contributed by atoms with Crippen LogP contribution in [-0.2, 0) is 0 Å². The lowest BCUT2D eigenvalue weighted by molar-refractivity contribution is 0.194. The maximum absolute atomic E-state index is 14.2. The lowest BCUT2D eigenvalue weighted by Gasteiger charge is -2.32. The van der Waals surface area contributed by atoms with Crippen LogP contribution in [0.1, 0.15) is 33.1 Å². The van der Waals surface area contributed by atoms with E-state index in [0.29, 0.717) is 11.7 Å². The SMILES string of the molecule is CC(C)N(C)c1ccc(NCC2CCCCN2C)cc1F. The molecule has 1 aromatic rings. The monoisotopic (exact) mass is 293 g/mol. The van der Waals surface area contributed by atoms with Gasteiger partial charge in [-0.2, -0.15) is 0 Å². The molecule has 0 aliphatic carbocycles. The molecule has 1 N–H and O–H groups in total. The zero-order valence-corrected chi connectivity index (χ0v) is 13.7. The molecule has 2 rings (SSSR count). The molecule has 0 bridgehead atoms. The van der Waals surface area contributed by atoms with Crippen molar-refractivity contribution < 1.29 is 4.39 Å². The Kier molecular flexibility index (Phi) is 5.45. The van der Waals surface area contributed by atoms with Crippen LogP contribution in [0, 0.1) is 5.82 Å². The first-order chi connectivity index (χ1) is 9.99. The summed E-state index contributed by atoms with van der Waals surface area (Å²) in [5, 5.41) is 3.38. The minimum Gasteiger partial charge on any atom is -0.383 e. The van der Waals surface area contributed by atoms with E-state index in [2.05, 4.69) is 31.1 Å². The molecule has 1 fully saturated rings. The molecule has 1 aliphatic heterocycles. The van der Waals surface area contributed by atoms with Crippen LogP contribution in [-0.4, -0.2) is 44.2 Å². The van der Waals surface area contributed by atoms with Crippen molar-refractivity contribution in [3.63, 3.8) is 0 Å². The molecule has 1 aliphatic rings. The van der Waals surface area contributed by atoms with Crippen molar-refractivity contribution in [2.75, 3.05) is 37.4 Å². The van der Waals surface area contributed by atoms with Crippen LogP contribution in [0.2, 0.25) is 0 Å². The number of likely N-dealkylation sites (tertiary alicyclic amines) is 1. The smallest absolute Gasteiger partial charge is 0.148 e. The molecule has 0 saturated carbocycles. The molecule has 1 heterocycles. The van der Waals surface area contributed by atoms with Crippen molar-refractivity contribution >= 4 is 11.4 Å². The van der Waals surface area contributed by atoms with E-state index in [0.717, 1.165) is 12.2 Å². The topological polar surface area (TPSA) is 18.5 Å². The second-order valence-electron chi connectivity index (χ2n) is 6.38. The summed E-state index contributed by atoms with van der Waals surface area (Å²) in [7, 11) is 4.10. The number of benzene rings is 1. The minimum absolute atomic E-state index is 0.159. The van der Waals surface area contributed by atoms with Crippen LogP contribution in [0.5, 0.6) is 0 Å². The Morgan fingerprint density at radius 2 is 2.14 bits per heavy atom. The van der Waals surface area contributed by atoms with Gasteiger partial charge in [-0.05, 0) is 58.5 Å². The molecular formula is C17H28FN3. The van der Waals surface area contributed by atoms with Crippen LogP contribution >= 0.6 is 0 Å². The summed E-state index contributed by atoms with van der Waals surface area (Å²) < 4.78 is 14.2. The Balaban J connectivity index is 1.97. The Morgan fingerprint density at radius 1 is 1.38 bits per heavy atom. The van der Waals surface area contributed by atoms with Crippen LogP contribution < -0.4 is 10.2 Å². The van der Waals surface area contributed by atoms with Gasteiger partial charge < -0.3 is 15.1 Å². The Labute approximate surface area is 128 Å². The van der Waals surface area contributed by atoms with Gasteiger partial charge in [-0.1, -0.05) is 6.42 Å². The fraction of sp³-hybridized carbons (Fsp3) is 0.647. The summed E-state index contributed by atoms with van der Waals surface area (Å²) in [5.41, 5.74) is 1.53. The lowest BCUT2D eigenvalue weighted by atomic mass is 10.0. The van der Waals surface area contributed by atoms with Crippen LogP contribution in [0.4, 0.5) is 15.8 Å². The van der Waals surface area contributed by atoms with Gasteiger partial charge in [0.15, 0.2) is 0 Å². The predicted octanol–water partition coefficient (Wildman–Crippen LogP) is 3.57. The van der Waals surface area contributed by atoms with Crippen LogP contribution in [0.15, 0.2) is 18.2 Å². The highest BCUT2D eigenvalue weighted by molar-refractivity contribution is 5.56. The maximum atomic E-state index is 14.2. The molecule has 118 valence electrons. The summed E-state index contributed by atoms with van der Waals surface area (Å²) in [5.74, 6) is -0.159. The van der Waals surface area contributed by atoms with Gasteiger partial charge in [0.05, 0.1) is 5.69 Å². The van der Waals surface area contributed by atoms with Gasteiger partial charge in [-0.3, -0.25) is 0 Å². The first kappa shape index (κ1) is 16.1. The van der Waals surface area contributed by atoms with Crippen molar-refractivity contribution in [2.45, 2.75) is 45.2 Å². The average molecular weight is 293 g/mol. The van der Waals surface area contributed by atoms with Gasteiger partial charge in [-0.25, -0.2) is 4.39 Å². The van der Waals surface area contributed by atoms with E-state index in [9.17, 15) is 4.39 Å². The molecular weight excluding hydrogens is 265 g/mol. The third kappa shape index (κ3) is 4.10. The zero-order chi connectivity index (χ0) is 15.4. The van der Waals surface area contributed by atoms with Crippen LogP contribution in [0.25, 0.3) is 0 Å². The first-order valence-electron chi connectivity index (χ1n) is 7.95. The Hall–Kier alpha value is -1.29. The summed E-state index contributed by atoms with van der Waals surface area (Å²) in [4.78, 5) is 4.35. The molecule has 1 atom stereocenters. The highest BCUT2D eigenvalue weighted by Gasteiger charge is 2.18. The molecule has 3 nitrogen and oxygen atoms in total. The summed E-state index contributed by atoms with van der Waals surface area (Å²) in [6, 6.07) is 6.29. The Bertz CT molecular complexity index is 461. The molecule has 0 radical (unpaired) electrons. The zero-order valence-electron chi connectivity index (χ0n) is 13.7. The van der Waals surface area contributed by atoms with Gasteiger partial charge in [-0.15, -0.1) is 0 Å². The normalized spacial score (nSPS) is 19.8. The van der Waals surface area contributed by atoms with Crippen molar-refractivity contribution in [3.8, 4) is 0 Å². The highest BCUT2D eigenvalue weighted by Crippen LogP contribution is 2.24. The number of nitrogens with one attached hydrogen (secondary N) is 1. The van der Waals surface area contributed by atoms with Gasteiger partial charge in [0, 0.05) is 31.4 Å². The molecule has 1 aromatic carbocycles. The van der Waals surface area contributed by atoms with E-state index in [1.165, 1.54) is 25.8 Å². The number of halogens is 1. The number of likely N-dealkylation sites (N-methyl/N-ethyl adjacent to an activating group) is 1. The standard InChI is InChI=1S/C17H28FN3/c1-13(2)21(4)17-9-8-14(11-16(17)18)19-12-15-7-5-6-10-20(15)3/h8-9,11,13,15,19H,5-7,10,12H2,1-4H3. The molecule has 0 aromatic heterocycles. The van der Waals surface area contributed by atoms with Crippen molar-refractivity contribution in [2.24, 2.45) is 0 Å². The van der Waals surface area contributed by atoms with E-state index in [-0.39, 0.29) is 11.9 Å². The van der Waals surface area contributed by atoms with Gasteiger partial charge in [0.2, 0.25) is 0 Å². The molecule has 1 unspecified atom stereocenters. The number of anilines is 2. The average Bonchev–Trinajstić information content (AvgIpc) is 2.46. The van der Waals surface area contributed by atoms with Gasteiger partial charge in [0.1, 0.15) is 5.82 Å². The van der Waals surface area contributed by atoms with E-state index in [4.69, 9.17) is 0 Å². The van der Waals surface area contributed by atoms with Crippen LogP contribution in [0.3, 0.4) is 0 Å². The number of rotatable bonds is 5. The predicted molar refractivity (Wildman–Crippen MR) is 88.7 cm³/mol. The second-order valence-corrected chi connectivity index (χ2v) is 6.38. The summed E-state index contributed by atoms with van der Waals surface area (Å²) >= 11 is 0. The second kappa shape index (κ2) is 7.12. The maximum Gasteiger partial charge on any atom is 0.148 e. The molecule has 1 saturated heterocycles. The summed E-state index contributed by atoms with van der Waals surface area (Å²) in [6.45, 7) is 6.17. The molecule has 21 heavy (non-hydrogen) atoms. The van der Waals surface area contributed by atoms with E-state index in [1.807, 2.05) is 24.1 Å². The minimum atomic E-state index is -0.159. The van der Waals surface area contributed by atoms with E-state index >= 15 is 0 Å². The quantitative estimate of drug-likeness (QED) is 0.895. The fourth-order valence-corrected chi connectivity index (χ4v) is 2.82. The highest BCUT2D eigenvalue weighted by atomic mass is 19.1. The fourth-order valence-electron chi connectivity index (χ4n) is 2.82. The Morgan fingerprint density at radius 3 is 2.76 bits per heavy atom. The van der Waals surface area contributed by atoms with Crippen molar-refractivity contribution in [1.29, 1.82) is 0 Å². The van der Waals surface area contributed by atoms with E-state index in [1.54, 1.807) is 6.07 Å². The van der Waals surface area contributed by atoms with Gasteiger partial charge in [0.25, 0.3) is 0 Å². The number of piperidine rings is 1. The lowest BCUT2D eigenvalue weighted by Crippen LogP contribution is -2.40. The molecule has 0 amide bonds. The van der Waals surface area contributed by atoms with E-state index < -0.39 is 0 Å². The first-order valence-corrected chi connectivity index (χ1v) is 7.95. The van der Waals surface area contributed by atoms with Gasteiger partial charge >= 0.3 is 0 Å². The van der Waals surface area contributed by atoms with Crippen molar-refractivity contribution in [1.82, 2.24) is 4.90 Å². The third-order valence-corrected chi connectivity index (χ3v) is 4.57. The molecule has 4 heteroatoms. The van der Waals surface area contributed by atoms with Crippen molar-refractivity contribution in [3.05, 3.63) is 24.0 Å². The largest absolute Gasteiger partial charge is 0.383 e. The summed E-state index contributed by atoms with van der Waals surface area (Å²) in [6.07, 6.45) is 3.81. The molecule has 0 spiro atoms. The number of hydrogen-bond acceptors (Lipinski definition) is 3. The number of nitrogens with zero attached hydrogens (tertiary/aromatic N) is 2. The number of hydrogen-bond donors (Lipinski definition) is 1.